The van der Waals surface area contributed by atoms with Crippen LogP contribution in [0.25, 0.3) is 0 Å². The molecule has 0 radical (unpaired) electrons. The first-order valence-electron chi connectivity index (χ1n) is 7.62. The van der Waals surface area contributed by atoms with Crippen molar-refractivity contribution in [3.8, 4) is 0 Å². The SMILES string of the molecule is Nc1sc2c(c1C(=O)Nc1ccccc1Cl)CCCCCC2. The normalized spacial score (nSPS) is 14.8. The predicted molar refractivity (Wildman–Crippen MR) is 94.0 cm³/mol. The highest BCUT2D eigenvalue weighted by atomic mass is 35.5. The van der Waals surface area contributed by atoms with Gasteiger partial charge in [0, 0.05) is 4.88 Å². The number of nitrogen functional groups attached to an aromatic ring is 1. The maximum atomic E-state index is 12.7. The number of fused-ring (bicyclic) bond motifs is 1. The molecule has 0 atom stereocenters. The Morgan fingerprint density at radius 1 is 1.14 bits per heavy atom. The number of nitrogens with one attached hydrogen (secondary N) is 1. The number of thiophene rings is 1. The molecule has 1 aliphatic rings. The standard InChI is InChI=1S/C17H19ClN2OS/c18-12-8-5-6-9-13(12)20-17(21)15-11-7-3-1-2-4-10-14(11)22-16(15)19/h5-6,8-9H,1-4,7,10,19H2,(H,20,21). The van der Waals surface area contributed by atoms with E-state index in [4.69, 9.17) is 17.3 Å². The zero-order valence-electron chi connectivity index (χ0n) is 12.3. The Bertz CT molecular complexity index is 696. The van der Waals surface area contributed by atoms with Crippen molar-refractivity contribution in [3.05, 3.63) is 45.3 Å². The van der Waals surface area contributed by atoms with E-state index in [0.717, 1.165) is 24.8 Å². The Labute approximate surface area is 139 Å². The molecule has 0 saturated carbocycles. The average Bonchev–Trinajstić information content (AvgIpc) is 2.77. The summed E-state index contributed by atoms with van der Waals surface area (Å²) in [7, 11) is 0. The van der Waals surface area contributed by atoms with Gasteiger partial charge in [0.1, 0.15) is 0 Å². The van der Waals surface area contributed by atoms with Gasteiger partial charge in [-0.05, 0) is 43.4 Å². The zero-order valence-corrected chi connectivity index (χ0v) is 13.9. The Hall–Kier alpha value is -1.52. The van der Waals surface area contributed by atoms with Crippen LogP contribution in [0.3, 0.4) is 0 Å². The van der Waals surface area contributed by atoms with Crippen LogP contribution in [0.15, 0.2) is 24.3 Å². The molecule has 3 nitrogen and oxygen atoms in total. The lowest BCUT2D eigenvalue weighted by atomic mass is 9.96. The van der Waals surface area contributed by atoms with Crippen molar-refractivity contribution in [2.75, 3.05) is 11.1 Å². The first-order chi connectivity index (χ1) is 10.7. The van der Waals surface area contributed by atoms with Crippen LogP contribution >= 0.6 is 22.9 Å². The van der Waals surface area contributed by atoms with Crippen molar-refractivity contribution < 1.29 is 4.79 Å². The summed E-state index contributed by atoms with van der Waals surface area (Å²) < 4.78 is 0. The quantitative estimate of drug-likeness (QED) is 0.821. The van der Waals surface area contributed by atoms with Crippen LogP contribution in [0.2, 0.25) is 5.02 Å². The lowest BCUT2D eigenvalue weighted by Gasteiger charge is -2.12. The maximum Gasteiger partial charge on any atom is 0.258 e. The van der Waals surface area contributed by atoms with Crippen molar-refractivity contribution in [1.82, 2.24) is 0 Å². The Morgan fingerprint density at radius 3 is 2.64 bits per heavy atom. The van der Waals surface area contributed by atoms with Crippen molar-refractivity contribution in [2.45, 2.75) is 38.5 Å². The van der Waals surface area contributed by atoms with Gasteiger partial charge in [0.2, 0.25) is 0 Å². The first kappa shape index (κ1) is 15.4. The van der Waals surface area contributed by atoms with Gasteiger partial charge >= 0.3 is 0 Å². The number of nitrogens with two attached hydrogens (primary N) is 1. The van der Waals surface area contributed by atoms with E-state index < -0.39 is 0 Å². The number of rotatable bonds is 2. The van der Waals surface area contributed by atoms with Crippen molar-refractivity contribution in [3.63, 3.8) is 0 Å². The van der Waals surface area contributed by atoms with Gasteiger partial charge in [0.25, 0.3) is 5.91 Å². The van der Waals surface area contributed by atoms with E-state index >= 15 is 0 Å². The summed E-state index contributed by atoms with van der Waals surface area (Å²) in [5, 5.41) is 4.05. The molecule has 0 aliphatic heterocycles. The minimum Gasteiger partial charge on any atom is -0.390 e. The number of benzene rings is 1. The highest BCUT2D eigenvalue weighted by Gasteiger charge is 2.23. The number of halogens is 1. The molecule has 2 aromatic rings. The van der Waals surface area contributed by atoms with Gasteiger partial charge in [-0.15, -0.1) is 11.3 Å². The van der Waals surface area contributed by atoms with E-state index in [2.05, 4.69) is 5.32 Å². The Kier molecular flexibility index (Phi) is 4.69. The summed E-state index contributed by atoms with van der Waals surface area (Å²) in [6.45, 7) is 0. The third-order valence-corrected chi connectivity index (χ3v) is 5.50. The van der Waals surface area contributed by atoms with E-state index in [1.54, 1.807) is 23.5 Å². The van der Waals surface area contributed by atoms with Crippen LogP contribution in [0.5, 0.6) is 0 Å². The van der Waals surface area contributed by atoms with Crippen molar-refractivity contribution in [2.24, 2.45) is 0 Å². The smallest absolute Gasteiger partial charge is 0.258 e. The molecule has 3 rings (SSSR count). The number of carbonyl (C=O) groups is 1. The number of aryl methyl sites for hydroxylation is 1. The maximum absolute atomic E-state index is 12.7. The van der Waals surface area contributed by atoms with Crippen LogP contribution < -0.4 is 11.1 Å². The summed E-state index contributed by atoms with van der Waals surface area (Å²) >= 11 is 7.68. The summed E-state index contributed by atoms with van der Waals surface area (Å²) in [6, 6.07) is 7.25. The van der Waals surface area contributed by atoms with E-state index in [1.165, 1.54) is 24.1 Å². The van der Waals surface area contributed by atoms with Crippen molar-refractivity contribution >= 4 is 39.5 Å². The number of hydrogen-bond acceptors (Lipinski definition) is 3. The number of anilines is 2. The van der Waals surface area contributed by atoms with Crippen LogP contribution in [0.4, 0.5) is 10.7 Å². The van der Waals surface area contributed by atoms with Crippen LogP contribution in [0.1, 0.15) is 46.5 Å². The molecule has 1 heterocycles. The molecule has 1 aliphatic carbocycles. The number of amides is 1. The molecular formula is C17H19ClN2OS. The largest absolute Gasteiger partial charge is 0.390 e. The molecule has 1 amide bonds. The summed E-state index contributed by atoms with van der Waals surface area (Å²) in [5.74, 6) is -0.149. The fourth-order valence-electron chi connectivity index (χ4n) is 2.94. The Morgan fingerprint density at radius 2 is 1.86 bits per heavy atom. The number of hydrogen-bond donors (Lipinski definition) is 2. The molecule has 0 fully saturated rings. The van der Waals surface area contributed by atoms with E-state index in [1.807, 2.05) is 12.1 Å². The van der Waals surface area contributed by atoms with Gasteiger partial charge in [-0.2, -0.15) is 0 Å². The monoisotopic (exact) mass is 334 g/mol. The second-order valence-corrected chi connectivity index (χ2v) is 7.14. The summed E-state index contributed by atoms with van der Waals surface area (Å²) in [6.07, 6.45) is 6.76. The molecule has 0 unspecified atom stereocenters. The molecule has 22 heavy (non-hydrogen) atoms. The van der Waals surface area contributed by atoms with Crippen LogP contribution in [-0.2, 0) is 12.8 Å². The second-order valence-electron chi connectivity index (χ2n) is 5.59. The van der Waals surface area contributed by atoms with Crippen LogP contribution in [-0.4, -0.2) is 5.91 Å². The van der Waals surface area contributed by atoms with Gasteiger partial charge in [-0.1, -0.05) is 36.6 Å². The molecule has 3 N–H and O–H groups in total. The topological polar surface area (TPSA) is 55.1 Å². The number of para-hydroxylation sites is 1. The molecule has 0 spiro atoms. The molecule has 1 aromatic carbocycles. The summed E-state index contributed by atoms with van der Waals surface area (Å²) in [5.41, 5.74) is 8.56. The Balaban J connectivity index is 1.91. The molecule has 116 valence electrons. The first-order valence-corrected chi connectivity index (χ1v) is 8.82. The second kappa shape index (κ2) is 6.71. The average molecular weight is 335 g/mol. The van der Waals surface area contributed by atoms with Gasteiger partial charge in [0.05, 0.1) is 21.3 Å². The molecule has 1 aromatic heterocycles. The van der Waals surface area contributed by atoms with Gasteiger partial charge < -0.3 is 11.1 Å². The molecular weight excluding hydrogens is 316 g/mol. The lowest BCUT2D eigenvalue weighted by Crippen LogP contribution is -2.15. The predicted octanol–water partition coefficient (Wildman–Crippen LogP) is 4.90. The highest BCUT2D eigenvalue weighted by molar-refractivity contribution is 7.16. The fraction of sp³-hybridized carbons (Fsp3) is 0.353. The third-order valence-electron chi connectivity index (χ3n) is 4.05. The van der Waals surface area contributed by atoms with Gasteiger partial charge in [-0.25, -0.2) is 0 Å². The lowest BCUT2D eigenvalue weighted by molar-refractivity contribution is 0.102. The van der Waals surface area contributed by atoms with Crippen LogP contribution in [0, 0.1) is 0 Å². The molecule has 5 heteroatoms. The minimum absolute atomic E-state index is 0.149. The molecule has 0 bridgehead atoms. The highest BCUT2D eigenvalue weighted by Crippen LogP contribution is 2.35. The third kappa shape index (κ3) is 3.13. The summed E-state index contributed by atoms with van der Waals surface area (Å²) in [4.78, 5) is 14.0. The molecule has 0 saturated heterocycles. The minimum atomic E-state index is -0.149. The van der Waals surface area contributed by atoms with Crippen molar-refractivity contribution in [1.29, 1.82) is 0 Å². The van der Waals surface area contributed by atoms with E-state index in [9.17, 15) is 4.79 Å². The van der Waals surface area contributed by atoms with Gasteiger partial charge in [0.15, 0.2) is 0 Å². The zero-order chi connectivity index (χ0) is 15.5. The van der Waals surface area contributed by atoms with E-state index in [0.29, 0.717) is 21.3 Å². The van der Waals surface area contributed by atoms with E-state index in [-0.39, 0.29) is 5.91 Å². The number of carbonyl (C=O) groups excluding carboxylic acids is 1. The van der Waals surface area contributed by atoms with Gasteiger partial charge in [-0.3, -0.25) is 4.79 Å². The fourth-order valence-corrected chi connectivity index (χ4v) is 4.28.